The molecule has 0 amide bonds. The van der Waals surface area contributed by atoms with E-state index in [1.54, 1.807) is 25.6 Å². The molecule has 0 aliphatic carbocycles. The molecule has 0 heterocycles. The molecule has 2 atom stereocenters. The molecule has 0 rings (SSSR count). The predicted molar refractivity (Wildman–Crippen MR) is 106 cm³/mol. The van der Waals surface area contributed by atoms with E-state index in [0.717, 1.165) is 5.75 Å². The van der Waals surface area contributed by atoms with Crippen molar-refractivity contribution in [3.63, 3.8) is 0 Å². The lowest BCUT2D eigenvalue weighted by Crippen LogP contribution is -2.12. The Labute approximate surface area is 165 Å². The summed E-state index contributed by atoms with van der Waals surface area (Å²) in [6, 6.07) is 0. The van der Waals surface area contributed by atoms with Crippen LogP contribution in [-0.4, -0.2) is 82.7 Å². The van der Waals surface area contributed by atoms with Crippen LogP contribution in [0.4, 0.5) is 0 Å². The zero-order valence-corrected chi connectivity index (χ0v) is 17.1. The van der Waals surface area contributed by atoms with Crippen LogP contribution >= 0.6 is 24.4 Å². The molecule has 0 aliphatic heterocycles. The Morgan fingerprint density at radius 1 is 1.08 bits per heavy atom. The number of aliphatic hydroxyl groups excluding tert-OH is 2. The van der Waals surface area contributed by atoms with Crippen molar-refractivity contribution < 1.29 is 39.5 Å². The molecule has 156 valence electrons. The summed E-state index contributed by atoms with van der Waals surface area (Å²) in [5.74, 6) is -0.366. The van der Waals surface area contributed by atoms with Crippen LogP contribution in [0, 0.1) is 11.8 Å². The molecule has 10 heteroatoms. The van der Waals surface area contributed by atoms with Gasteiger partial charge >= 0.3 is 11.9 Å². The Morgan fingerprint density at radius 3 is 1.92 bits per heavy atom. The molecule has 0 saturated carbocycles. The summed E-state index contributed by atoms with van der Waals surface area (Å²) in [5, 5.41) is 33.1. The topological polar surface area (TPSA) is 134 Å². The number of aliphatic carboxylic acids is 2. The van der Waals surface area contributed by atoms with E-state index in [9.17, 15) is 9.59 Å². The minimum absolute atomic E-state index is 0.0379. The van der Waals surface area contributed by atoms with Gasteiger partial charge in [-0.3, -0.25) is 9.59 Å². The molecule has 0 fully saturated rings. The lowest BCUT2D eigenvalue weighted by molar-refractivity contribution is -0.141. The number of thioether (sulfide) groups is 1. The van der Waals surface area contributed by atoms with Crippen LogP contribution in [-0.2, 0) is 19.1 Å². The number of hydrogen-bond donors (Lipinski definition) is 5. The number of hydrogen-bond acceptors (Lipinski definition) is 8. The zero-order chi connectivity index (χ0) is 20.8. The smallest absolute Gasteiger partial charge is 0.307 e. The lowest BCUT2D eigenvalue weighted by Gasteiger charge is -2.05. The molecule has 0 saturated heterocycles. The van der Waals surface area contributed by atoms with E-state index in [4.69, 9.17) is 25.2 Å². The maximum absolute atomic E-state index is 10.4. The van der Waals surface area contributed by atoms with Gasteiger partial charge < -0.3 is 29.9 Å². The molecule has 0 aliphatic rings. The van der Waals surface area contributed by atoms with E-state index in [2.05, 4.69) is 23.9 Å². The van der Waals surface area contributed by atoms with Gasteiger partial charge in [0, 0.05) is 17.3 Å². The largest absolute Gasteiger partial charge is 0.499 e. The summed E-state index contributed by atoms with van der Waals surface area (Å²) >= 11 is 5.33. The highest BCUT2D eigenvalue weighted by Crippen LogP contribution is 2.07. The number of carboxylic acids is 2. The van der Waals surface area contributed by atoms with Gasteiger partial charge in [0.2, 0.25) is 0 Å². The van der Waals surface area contributed by atoms with Gasteiger partial charge in [-0.25, -0.2) is 0 Å². The Hall–Kier alpha value is -0.940. The molecular weight excluding hydrogens is 384 g/mol. The maximum Gasteiger partial charge on any atom is 0.307 e. The SMILES string of the molecule is C=COCCO.C[C@@H](CS)C(=O)O.C[C@@H](CSCCOCCO)C(=O)O. The van der Waals surface area contributed by atoms with E-state index >= 15 is 0 Å². The highest BCUT2D eigenvalue weighted by molar-refractivity contribution is 7.99. The van der Waals surface area contributed by atoms with Gasteiger partial charge in [-0.2, -0.15) is 24.4 Å². The molecule has 0 unspecified atom stereocenters. The van der Waals surface area contributed by atoms with Gasteiger partial charge in [0.15, 0.2) is 0 Å². The fourth-order valence-electron chi connectivity index (χ4n) is 0.830. The quantitative estimate of drug-likeness (QED) is 0.171. The minimum Gasteiger partial charge on any atom is -0.499 e. The molecule has 0 radical (unpaired) electrons. The van der Waals surface area contributed by atoms with Gasteiger partial charge in [-0.1, -0.05) is 20.4 Å². The molecule has 0 bridgehead atoms. The molecule has 0 spiro atoms. The molecule has 4 N–H and O–H groups in total. The maximum atomic E-state index is 10.4. The first-order chi connectivity index (χ1) is 12.3. The van der Waals surface area contributed by atoms with Crippen molar-refractivity contribution in [2.45, 2.75) is 13.8 Å². The highest BCUT2D eigenvalue weighted by atomic mass is 32.2. The number of aliphatic hydroxyl groups is 2. The molecule has 8 nitrogen and oxygen atoms in total. The van der Waals surface area contributed by atoms with Crippen molar-refractivity contribution in [3.05, 3.63) is 12.8 Å². The summed E-state index contributed by atoms with van der Waals surface area (Å²) in [6.45, 7) is 7.94. The molecule has 0 aromatic carbocycles. The number of ether oxygens (including phenoxy) is 2. The van der Waals surface area contributed by atoms with E-state index in [1.807, 2.05) is 0 Å². The predicted octanol–water partition coefficient (Wildman–Crippen LogP) is 1.22. The Morgan fingerprint density at radius 2 is 1.62 bits per heavy atom. The second-order valence-corrected chi connectivity index (χ2v) is 6.35. The Bertz CT molecular complexity index is 342. The van der Waals surface area contributed by atoms with Crippen LogP contribution in [0.5, 0.6) is 0 Å². The van der Waals surface area contributed by atoms with Crippen molar-refractivity contribution in [3.8, 4) is 0 Å². The Kier molecular flexibility index (Phi) is 27.6. The van der Waals surface area contributed by atoms with E-state index in [0.29, 0.717) is 31.3 Å². The van der Waals surface area contributed by atoms with Crippen LogP contribution in [0.2, 0.25) is 0 Å². The van der Waals surface area contributed by atoms with E-state index in [1.165, 1.54) is 6.26 Å². The minimum atomic E-state index is -0.782. The fourth-order valence-corrected chi connectivity index (χ4v) is 1.88. The Balaban J connectivity index is -0.000000342. The summed E-state index contributed by atoms with van der Waals surface area (Å²) in [4.78, 5) is 20.3. The second kappa shape index (κ2) is 24.1. The van der Waals surface area contributed by atoms with Gasteiger partial charge in [0.05, 0.1) is 44.5 Å². The molecule has 0 aromatic rings. The summed E-state index contributed by atoms with van der Waals surface area (Å²) in [5.41, 5.74) is 0. The van der Waals surface area contributed by atoms with Gasteiger partial charge in [-0.05, 0) is 0 Å². The summed E-state index contributed by atoms with van der Waals surface area (Å²) in [7, 11) is 0. The number of thiol groups is 1. The van der Waals surface area contributed by atoms with Crippen molar-refractivity contribution >= 4 is 36.3 Å². The summed E-state index contributed by atoms with van der Waals surface area (Å²) < 4.78 is 9.50. The van der Waals surface area contributed by atoms with E-state index < -0.39 is 11.9 Å². The highest BCUT2D eigenvalue weighted by Gasteiger charge is 2.09. The van der Waals surface area contributed by atoms with Crippen LogP contribution in [0.1, 0.15) is 13.8 Å². The lowest BCUT2D eigenvalue weighted by atomic mass is 10.2. The van der Waals surface area contributed by atoms with Crippen LogP contribution in [0.25, 0.3) is 0 Å². The molecule has 0 aromatic heterocycles. The van der Waals surface area contributed by atoms with Crippen molar-refractivity contribution in [2.75, 3.05) is 50.3 Å². The van der Waals surface area contributed by atoms with Crippen LogP contribution in [0.3, 0.4) is 0 Å². The van der Waals surface area contributed by atoms with Gasteiger partial charge in [0.1, 0.15) is 6.61 Å². The van der Waals surface area contributed by atoms with Gasteiger partial charge in [-0.15, -0.1) is 0 Å². The standard InChI is InChI=1S/C8H16O4S.C4H8O2S.C4H8O2/c1-7(8(10)11)6-13-5-4-12-3-2-9;1-3(2-7)4(5)6;1-2-6-4-3-5/h7,9H,2-6H2,1H3,(H,10,11);3,7H,2H2,1H3,(H,5,6);2,5H,1,3-4H2/t7-;3-;/m00./s1. The van der Waals surface area contributed by atoms with Crippen molar-refractivity contribution in [2.24, 2.45) is 11.8 Å². The third kappa shape index (κ3) is 27.9. The van der Waals surface area contributed by atoms with Crippen molar-refractivity contribution in [1.82, 2.24) is 0 Å². The van der Waals surface area contributed by atoms with Crippen LogP contribution in [0.15, 0.2) is 12.8 Å². The van der Waals surface area contributed by atoms with Gasteiger partial charge in [0.25, 0.3) is 0 Å². The average Bonchev–Trinajstić information content (AvgIpc) is 2.62. The van der Waals surface area contributed by atoms with Crippen LogP contribution < -0.4 is 0 Å². The average molecular weight is 417 g/mol. The second-order valence-electron chi connectivity index (χ2n) is 4.83. The zero-order valence-electron chi connectivity index (χ0n) is 15.4. The molecular formula is C16H32O8S2. The fraction of sp³-hybridized carbons (Fsp3) is 0.750. The normalized spacial score (nSPS) is 11.7. The number of carboxylic acid groups (broad SMARTS) is 2. The van der Waals surface area contributed by atoms with E-state index in [-0.39, 0.29) is 25.0 Å². The number of rotatable bonds is 13. The van der Waals surface area contributed by atoms with Crippen molar-refractivity contribution in [1.29, 1.82) is 0 Å². The first kappa shape index (κ1) is 29.8. The molecule has 26 heavy (non-hydrogen) atoms. The number of carbonyl (C=O) groups is 2. The first-order valence-corrected chi connectivity index (χ1v) is 9.73. The third-order valence-electron chi connectivity index (χ3n) is 2.42. The monoisotopic (exact) mass is 416 g/mol. The summed E-state index contributed by atoms with van der Waals surface area (Å²) in [6.07, 6.45) is 1.30. The first-order valence-electron chi connectivity index (χ1n) is 7.94. The third-order valence-corrected chi connectivity index (χ3v) is 4.16.